The molecule has 0 saturated heterocycles. The van der Waals surface area contributed by atoms with Crippen LogP contribution < -0.4 is 9.80 Å². The maximum absolute atomic E-state index is 6.45. The fraction of sp³-hybridized carbons (Fsp3) is 0.196. The Labute approximate surface area is 338 Å². The third-order valence-corrected chi connectivity index (χ3v) is 13.3. The minimum absolute atomic E-state index is 0.0535. The molecule has 5 aliphatic carbocycles. The molecule has 0 fully saturated rings. The number of anilines is 4. The molecule has 5 atom stereocenters. The number of likely N-dealkylation sites (N-methyl/N-ethyl adjacent to an activating group) is 1. The van der Waals surface area contributed by atoms with Gasteiger partial charge in [-0.1, -0.05) is 97.1 Å². The lowest BCUT2D eigenvalue weighted by atomic mass is 9.69. The van der Waals surface area contributed by atoms with Crippen LogP contribution >= 0.6 is 0 Å². The third-order valence-electron chi connectivity index (χ3n) is 13.3. The molecule has 2 aromatic heterocycles. The van der Waals surface area contributed by atoms with Crippen molar-refractivity contribution in [2.45, 2.75) is 50.5 Å². The monoisotopic (exact) mass is 754 g/mol. The summed E-state index contributed by atoms with van der Waals surface area (Å²) >= 11 is 0. The van der Waals surface area contributed by atoms with E-state index < -0.39 is 0 Å². The first-order chi connectivity index (χ1) is 28.5. The van der Waals surface area contributed by atoms with E-state index in [-0.39, 0.29) is 29.7 Å². The third kappa shape index (κ3) is 4.99. The first-order valence-electron chi connectivity index (χ1n) is 20.5. The highest BCUT2D eigenvalue weighted by atomic mass is 16.3. The maximum Gasteiger partial charge on any atom is 0.180 e. The number of para-hydroxylation sites is 2. The highest BCUT2D eigenvalue weighted by Gasteiger charge is 2.51. The van der Waals surface area contributed by atoms with E-state index >= 15 is 0 Å². The molecule has 7 aliphatic rings. The van der Waals surface area contributed by atoms with Gasteiger partial charge in [0.05, 0.1) is 11.8 Å². The Morgan fingerprint density at radius 1 is 0.828 bits per heavy atom. The molecule has 58 heavy (non-hydrogen) atoms. The Morgan fingerprint density at radius 3 is 2.47 bits per heavy atom. The molecule has 2 aliphatic heterocycles. The lowest BCUT2D eigenvalue weighted by molar-refractivity contribution is 0.134. The molecule has 2 bridgehead atoms. The van der Waals surface area contributed by atoms with Gasteiger partial charge in [-0.25, -0.2) is 15.0 Å². The number of hydrogen-bond donors (Lipinski definition) is 0. The van der Waals surface area contributed by atoms with Crippen LogP contribution in [0.4, 0.5) is 22.9 Å². The normalized spacial score (nSPS) is 24.8. The van der Waals surface area contributed by atoms with Crippen LogP contribution in [0.25, 0.3) is 28.4 Å². The standard InChI is InChI=1S/C51H42N6O/c1-51-27-11-10-18-46(51)55(2)50(53-47(51)34-22-25-40-39-15-7-9-17-44(39)58-45(40)30-34)57-43-16-8-6-14-38(43)41-31-52-48(54-49(41)57)33-20-23-37(24-21-33)56(36-12-4-3-5-13-36)42-26-19-32-28-35(42)29-32/h3-21,23-24,26-28,30-31,38,43,46,50H,22,25,29H2,1-2H3. The Kier molecular flexibility index (Phi) is 7.36. The van der Waals surface area contributed by atoms with E-state index in [0.717, 1.165) is 64.6 Å². The van der Waals surface area contributed by atoms with Crippen LogP contribution in [0, 0.1) is 5.41 Å². The van der Waals surface area contributed by atoms with Crippen molar-refractivity contribution in [1.82, 2.24) is 14.9 Å². The predicted molar refractivity (Wildman–Crippen MR) is 234 cm³/mol. The SMILES string of the molecule is CN1C(N2c3nc(-c4ccc(N(c5ccccc5)c5ccc6cc5C6)cc4)ncc3C3C=CC=CC32)N=C(C2=Cc3oc4ccccc4c3CC2)C2(C)C=CC=CC12. The van der Waals surface area contributed by atoms with Crippen molar-refractivity contribution in [2.75, 3.05) is 16.8 Å². The van der Waals surface area contributed by atoms with Crippen molar-refractivity contribution < 1.29 is 4.42 Å². The second kappa shape index (κ2) is 12.7. The van der Waals surface area contributed by atoms with Gasteiger partial charge in [-0.05, 0) is 105 Å². The van der Waals surface area contributed by atoms with Crippen molar-refractivity contribution in [1.29, 1.82) is 0 Å². The number of fused-ring (bicyclic) bond motifs is 9. The predicted octanol–water partition coefficient (Wildman–Crippen LogP) is 10.9. The first-order valence-corrected chi connectivity index (χ1v) is 20.5. The molecule has 7 nitrogen and oxygen atoms in total. The molecular weight excluding hydrogens is 713 g/mol. The molecule has 4 aromatic carbocycles. The summed E-state index contributed by atoms with van der Waals surface area (Å²) in [6.45, 7) is 2.34. The lowest BCUT2D eigenvalue weighted by Gasteiger charge is -2.51. The molecule has 0 radical (unpaired) electrons. The molecule has 6 aromatic rings. The van der Waals surface area contributed by atoms with E-state index in [4.69, 9.17) is 19.4 Å². The smallest absolute Gasteiger partial charge is 0.180 e. The summed E-state index contributed by atoms with van der Waals surface area (Å²) in [5.74, 6) is 2.73. The van der Waals surface area contributed by atoms with Crippen molar-refractivity contribution in [3.8, 4) is 11.4 Å². The summed E-state index contributed by atoms with van der Waals surface area (Å²) in [6.07, 6.45) is 24.8. The van der Waals surface area contributed by atoms with Crippen LogP contribution in [0.1, 0.15) is 47.3 Å². The summed E-state index contributed by atoms with van der Waals surface area (Å²) in [7, 11) is 2.22. The molecule has 7 heteroatoms. The van der Waals surface area contributed by atoms with Crippen molar-refractivity contribution in [3.05, 3.63) is 185 Å². The molecule has 282 valence electrons. The molecule has 0 amide bonds. The quantitative estimate of drug-likeness (QED) is 0.168. The van der Waals surface area contributed by atoms with Crippen molar-refractivity contribution in [3.63, 3.8) is 0 Å². The maximum atomic E-state index is 6.45. The summed E-state index contributed by atoms with van der Waals surface area (Å²) in [5, 5.41) is 1.21. The van der Waals surface area contributed by atoms with E-state index in [1.807, 2.05) is 6.07 Å². The minimum atomic E-state index is -0.312. The summed E-state index contributed by atoms with van der Waals surface area (Å²) in [5.41, 5.74) is 12.6. The van der Waals surface area contributed by atoms with Gasteiger partial charge in [-0.3, -0.25) is 4.90 Å². The number of rotatable bonds is 6. The van der Waals surface area contributed by atoms with Gasteiger partial charge in [0.1, 0.15) is 17.2 Å². The molecule has 5 unspecified atom stereocenters. The van der Waals surface area contributed by atoms with Gasteiger partial charge >= 0.3 is 0 Å². The zero-order chi connectivity index (χ0) is 38.5. The largest absolute Gasteiger partial charge is 0.456 e. The second-order valence-electron chi connectivity index (χ2n) is 16.6. The van der Waals surface area contributed by atoms with Crippen LogP contribution in [0.5, 0.6) is 0 Å². The average Bonchev–Trinajstić information content (AvgIpc) is 3.79. The van der Waals surface area contributed by atoms with Gasteiger partial charge < -0.3 is 14.2 Å². The van der Waals surface area contributed by atoms with Gasteiger partial charge in [0.15, 0.2) is 12.1 Å². The first kappa shape index (κ1) is 33.6. The lowest BCUT2D eigenvalue weighted by Crippen LogP contribution is -2.62. The van der Waals surface area contributed by atoms with Crippen molar-refractivity contribution in [2.24, 2.45) is 10.4 Å². The highest BCUT2D eigenvalue weighted by Crippen LogP contribution is 2.49. The highest BCUT2D eigenvalue weighted by molar-refractivity contribution is 6.10. The molecular formula is C51H42N6O. The zero-order valence-corrected chi connectivity index (χ0v) is 32.5. The van der Waals surface area contributed by atoms with E-state index in [9.17, 15) is 0 Å². The van der Waals surface area contributed by atoms with Gasteiger partial charge in [-0.2, -0.15) is 0 Å². The van der Waals surface area contributed by atoms with Crippen LogP contribution in [-0.2, 0) is 12.8 Å². The average molecular weight is 755 g/mol. The van der Waals surface area contributed by atoms with Gasteiger partial charge in [0, 0.05) is 62.7 Å². The van der Waals surface area contributed by atoms with E-state index in [2.05, 4.69) is 181 Å². The Balaban J connectivity index is 0.948. The molecule has 13 rings (SSSR count). The number of allylic oxidation sites excluding steroid dienone is 5. The van der Waals surface area contributed by atoms with Gasteiger partial charge in [0.25, 0.3) is 0 Å². The summed E-state index contributed by atoms with van der Waals surface area (Å²) in [6, 6.07) is 34.7. The summed E-state index contributed by atoms with van der Waals surface area (Å²) in [4.78, 5) is 23.5. The van der Waals surface area contributed by atoms with Crippen LogP contribution in [-0.4, -0.2) is 46.0 Å². The van der Waals surface area contributed by atoms with E-state index in [1.165, 1.54) is 33.3 Å². The van der Waals surface area contributed by atoms with Gasteiger partial charge in [0.2, 0.25) is 0 Å². The number of furan rings is 1. The molecule has 0 spiro atoms. The number of aryl methyl sites for hydroxylation is 1. The van der Waals surface area contributed by atoms with Crippen LogP contribution in [0.15, 0.2) is 167 Å². The number of benzene rings is 4. The van der Waals surface area contributed by atoms with Gasteiger partial charge in [-0.15, -0.1) is 0 Å². The number of aliphatic imine (C=N–C) groups is 1. The van der Waals surface area contributed by atoms with Crippen LogP contribution in [0.2, 0.25) is 0 Å². The fourth-order valence-electron chi connectivity index (χ4n) is 10.3. The number of hydrogen-bond acceptors (Lipinski definition) is 7. The topological polar surface area (TPSA) is 61.0 Å². The number of aromatic nitrogens is 2. The van der Waals surface area contributed by atoms with E-state index in [0.29, 0.717) is 5.82 Å². The minimum Gasteiger partial charge on any atom is -0.456 e. The van der Waals surface area contributed by atoms with Crippen molar-refractivity contribution >= 4 is 45.6 Å². The Morgan fingerprint density at radius 2 is 1.62 bits per heavy atom. The second-order valence-corrected chi connectivity index (χ2v) is 16.6. The Hall–Kier alpha value is -6.57. The molecule has 0 N–H and O–H groups in total. The fourth-order valence-corrected chi connectivity index (χ4v) is 10.3. The van der Waals surface area contributed by atoms with Crippen LogP contribution in [0.3, 0.4) is 0 Å². The molecule has 0 saturated carbocycles. The summed E-state index contributed by atoms with van der Waals surface area (Å²) < 4.78 is 6.45. The number of nitrogens with zero attached hydrogens (tertiary/aromatic N) is 6. The molecule has 4 heterocycles. The van der Waals surface area contributed by atoms with E-state index in [1.54, 1.807) is 0 Å². The zero-order valence-electron chi connectivity index (χ0n) is 32.5. The Bertz CT molecular complexity index is 2840.